The van der Waals surface area contributed by atoms with Gasteiger partial charge in [-0.3, -0.25) is 0 Å². The Bertz CT molecular complexity index is 482. The van der Waals surface area contributed by atoms with Crippen molar-refractivity contribution in [1.29, 1.82) is 5.26 Å². The van der Waals surface area contributed by atoms with Gasteiger partial charge in [0.05, 0.1) is 12.5 Å². The molecule has 0 radical (unpaired) electrons. The standard InChI is InChI=1S/C9H6N2O2/c1-12-6-2-3-7-8(4-6)11-13-9(7)5-10/h2-4H,1H3. The molecule has 2 aromatic rings. The fourth-order valence-electron chi connectivity index (χ4n) is 1.13. The predicted octanol–water partition coefficient (Wildman–Crippen LogP) is 1.71. The van der Waals surface area contributed by atoms with E-state index in [1.165, 1.54) is 0 Å². The molecule has 0 spiro atoms. The smallest absolute Gasteiger partial charge is 0.243 e. The predicted molar refractivity (Wildman–Crippen MR) is 45.3 cm³/mol. The number of aromatic nitrogens is 1. The molecule has 1 heterocycles. The van der Waals surface area contributed by atoms with Gasteiger partial charge in [-0.25, -0.2) is 0 Å². The lowest BCUT2D eigenvalue weighted by atomic mass is 10.2. The third-order valence-electron chi connectivity index (χ3n) is 1.79. The van der Waals surface area contributed by atoms with Crippen LogP contribution in [-0.2, 0) is 0 Å². The van der Waals surface area contributed by atoms with Gasteiger partial charge in [-0.1, -0.05) is 5.16 Å². The van der Waals surface area contributed by atoms with Crippen LogP contribution in [0.25, 0.3) is 10.9 Å². The molecule has 13 heavy (non-hydrogen) atoms. The summed E-state index contributed by atoms with van der Waals surface area (Å²) in [7, 11) is 1.58. The molecule has 1 aromatic heterocycles. The van der Waals surface area contributed by atoms with E-state index in [1.807, 2.05) is 6.07 Å². The topological polar surface area (TPSA) is 59.0 Å². The lowest BCUT2D eigenvalue weighted by Crippen LogP contribution is -1.81. The van der Waals surface area contributed by atoms with Crippen LogP contribution >= 0.6 is 0 Å². The summed E-state index contributed by atoms with van der Waals surface area (Å²) in [4.78, 5) is 0. The van der Waals surface area contributed by atoms with Gasteiger partial charge in [0.2, 0.25) is 5.76 Å². The molecule has 2 rings (SSSR count). The zero-order valence-corrected chi connectivity index (χ0v) is 6.94. The summed E-state index contributed by atoms with van der Waals surface area (Å²) >= 11 is 0. The van der Waals surface area contributed by atoms with Gasteiger partial charge in [-0.05, 0) is 12.1 Å². The van der Waals surface area contributed by atoms with E-state index in [9.17, 15) is 0 Å². The van der Waals surface area contributed by atoms with Crippen LogP contribution in [0, 0.1) is 11.3 Å². The minimum absolute atomic E-state index is 0.234. The molecule has 0 aliphatic rings. The molecule has 4 nitrogen and oxygen atoms in total. The number of benzene rings is 1. The number of methoxy groups -OCH3 is 1. The molecule has 0 bridgehead atoms. The van der Waals surface area contributed by atoms with Crippen LogP contribution in [0.2, 0.25) is 0 Å². The molecule has 0 saturated heterocycles. The van der Waals surface area contributed by atoms with Gasteiger partial charge in [0.25, 0.3) is 0 Å². The number of nitriles is 1. The van der Waals surface area contributed by atoms with Crippen LogP contribution in [0.15, 0.2) is 22.7 Å². The highest BCUT2D eigenvalue weighted by atomic mass is 16.5. The highest BCUT2D eigenvalue weighted by Crippen LogP contribution is 2.22. The molecule has 0 atom stereocenters. The van der Waals surface area contributed by atoms with E-state index >= 15 is 0 Å². The van der Waals surface area contributed by atoms with Gasteiger partial charge in [-0.2, -0.15) is 5.26 Å². The molecule has 1 aromatic carbocycles. The number of rotatable bonds is 1. The van der Waals surface area contributed by atoms with E-state index in [-0.39, 0.29) is 5.76 Å². The van der Waals surface area contributed by atoms with E-state index in [2.05, 4.69) is 5.16 Å². The van der Waals surface area contributed by atoms with Crippen molar-refractivity contribution in [2.24, 2.45) is 0 Å². The number of hydrogen-bond donors (Lipinski definition) is 0. The molecular formula is C9H6N2O2. The SMILES string of the molecule is COc1ccc2c(C#N)onc2c1. The third-order valence-corrected chi connectivity index (χ3v) is 1.79. The Morgan fingerprint density at radius 3 is 3.08 bits per heavy atom. The van der Waals surface area contributed by atoms with Gasteiger partial charge in [0.15, 0.2) is 0 Å². The number of hydrogen-bond acceptors (Lipinski definition) is 4. The van der Waals surface area contributed by atoms with E-state index in [0.29, 0.717) is 16.7 Å². The van der Waals surface area contributed by atoms with Crippen molar-refractivity contribution in [3.8, 4) is 11.8 Å². The van der Waals surface area contributed by atoms with Crippen LogP contribution in [0.3, 0.4) is 0 Å². The van der Waals surface area contributed by atoms with Crippen molar-refractivity contribution in [2.75, 3.05) is 7.11 Å². The van der Waals surface area contributed by atoms with E-state index in [4.69, 9.17) is 14.5 Å². The molecule has 0 aliphatic heterocycles. The van der Waals surface area contributed by atoms with Crippen LogP contribution in [-0.4, -0.2) is 12.3 Å². The molecule has 0 aliphatic carbocycles. The molecule has 4 heteroatoms. The monoisotopic (exact) mass is 174 g/mol. The molecule has 0 unspecified atom stereocenters. The quantitative estimate of drug-likeness (QED) is 0.660. The summed E-state index contributed by atoms with van der Waals surface area (Å²) in [5.74, 6) is 0.933. The van der Waals surface area contributed by atoms with Crippen molar-refractivity contribution >= 4 is 10.9 Å². The fourth-order valence-corrected chi connectivity index (χ4v) is 1.13. The van der Waals surface area contributed by atoms with Crippen LogP contribution in [0.1, 0.15) is 5.76 Å². The second-order valence-corrected chi connectivity index (χ2v) is 2.51. The largest absolute Gasteiger partial charge is 0.497 e. The Morgan fingerprint density at radius 1 is 1.54 bits per heavy atom. The van der Waals surface area contributed by atoms with Gasteiger partial charge in [0.1, 0.15) is 17.3 Å². The number of nitrogens with zero attached hydrogens (tertiary/aromatic N) is 2. The van der Waals surface area contributed by atoms with Crippen molar-refractivity contribution in [3.05, 3.63) is 24.0 Å². The summed E-state index contributed by atoms with van der Waals surface area (Å²) in [6, 6.07) is 7.16. The van der Waals surface area contributed by atoms with Crippen molar-refractivity contribution in [3.63, 3.8) is 0 Å². The van der Waals surface area contributed by atoms with Gasteiger partial charge in [0, 0.05) is 6.07 Å². The molecule has 64 valence electrons. The lowest BCUT2D eigenvalue weighted by Gasteiger charge is -1.96. The Balaban J connectivity index is 2.70. The summed E-state index contributed by atoms with van der Waals surface area (Å²) in [6.45, 7) is 0. The van der Waals surface area contributed by atoms with Crippen molar-refractivity contribution in [1.82, 2.24) is 5.16 Å². The molecule has 0 saturated carbocycles. The maximum Gasteiger partial charge on any atom is 0.243 e. The first-order chi connectivity index (χ1) is 6.35. The third kappa shape index (κ3) is 1.11. The highest BCUT2D eigenvalue weighted by molar-refractivity contribution is 5.83. The first kappa shape index (κ1) is 7.62. The number of fused-ring (bicyclic) bond motifs is 1. The molecule has 0 fully saturated rings. The highest BCUT2D eigenvalue weighted by Gasteiger charge is 2.07. The van der Waals surface area contributed by atoms with E-state index in [0.717, 1.165) is 0 Å². The summed E-state index contributed by atoms with van der Waals surface area (Å²) in [6.07, 6.45) is 0. The second-order valence-electron chi connectivity index (χ2n) is 2.51. The normalized spacial score (nSPS) is 9.85. The first-order valence-electron chi connectivity index (χ1n) is 3.68. The summed E-state index contributed by atoms with van der Waals surface area (Å²) < 4.78 is 9.80. The lowest BCUT2D eigenvalue weighted by molar-refractivity contribution is 0.411. The van der Waals surface area contributed by atoms with Crippen LogP contribution < -0.4 is 4.74 Å². The van der Waals surface area contributed by atoms with Crippen molar-refractivity contribution < 1.29 is 9.26 Å². The average Bonchev–Trinajstić information content (AvgIpc) is 2.59. The minimum Gasteiger partial charge on any atom is -0.497 e. The zero-order valence-electron chi connectivity index (χ0n) is 6.94. The Morgan fingerprint density at radius 2 is 2.38 bits per heavy atom. The second kappa shape index (κ2) is 2.79. The summed E-state index contributed by atoms with van der Waals surface area (Å²) in [5.41, 5.74) is 0.635. The fraction of sp³-hybridized carbons (Fsp3) is 0.111. The Labute approximate surface area is 74.3 Å². The van der Waals surface area contributed by atoms with Gasteiger partial charge >= 0.3 is 0 Å². The van der Waals surface area contributed by atoms with Crippen LogP contribution in [0.5, 0.6) is 5.75 Å². The molecular weight excluding hydrogens is 168 g/mol. The van der Waals surface area contributed by atoms with Gasteiger partial charge in [-0.15, -0.1) is 0 Å². The van der Waals surface area contributed by atoms with E-state index < -0.39 is 0 Å². The first-order valence-corrected chi connectivity index (χ1v) is 3.68. The Kier molecular flexibility index (Phi) is 1.64. The number of ether oxygens (including phenoxy) is 1. The molecule has 0 amide bonds. The molecule has 0 N–H and O–H groups in total. The maximum absolute atomic E-state index is 8.64. The maximum atomic E-state index is 8.64. The Hall–Kier alpha value is -2.02. The van der Waals surface area contributed by atoms with E-state index in [1.54, 1.807) is 25.3 Å². The van der Waals surface area contributed by atoms with Gasteiger partial charge < -0.3 is 9.26 Å². The van der Waals surface area contributed by atoms with Crippen molar-refractivity contribution in [2.45, 2.75) is 0 Å². The average molecular weight is 174 g/mol. The minimum atomic E-state index is 0.234. The summed E-state index contributed by atoms with van der Waals surface area (Å²) in [5, 5.41) is 13.1. The zero-order chi connectivity index (χ0) is 9.26. The van der Waals surface area contributed by atoms with Crippen LogP contribution in [0.4, 0.5) is 0 Å².